The third kappa shape index (κ3) is 4.75. The number of rotatable bonds is 7. The van der Waals surface area contributed by atoms with Crippen molar-refractivity contribution < 1.29 is 9.90 Å². The summed E-state index contributed by atoms with van der Waals surface area (Å²) in [6, 6.07) is 21.5. The predicted octanol–water partition coefficient (Wildman–Crippen LogP) is 5.02. The van der Waals surface area contributed by atoms with E-state index in [2.05, 4.69) is 15.3 Å². The molecule has 0 aliphatic rings. The lowest BCUT2D eigenvalue weighted by molar-refractivity contribution is 0.0933. The maximum atomic E-state index is 13.0. The molecule has 0 bridgehead atoms. The van der Waals surface area contributed by atoms with Crippen LogP contribution in [-0.4, -0.2) is 26.7 Å². The van der Waals surface area contributed by atoms with Crippen LogP contribution < -0.4 is 5.32 Å². The molecule has 2 heterocycles. The van der Waals surface area contributed by atoms with Crippen LogP contribution in [0, 0.1) is 12.3 Å². The summed E-state index contributed by atoms with van der Waals surface area (Å²) in [5.41, 5.74) is 4.96. The van der Waals surface area contributed by atoms with Crippen LogP contribution >= 0.6 is 0 Å². The summed E-state index contributed by atoms with van der Waals surface area (Å²) in [7, 11) is 0. The quantitative estimate of drug-likeness (QED) is 0.313. The SMILES string of the molecule is Cc1ccc(-c2ccc(C(=O)NC(CC(=N)c3cccnc3)c3ccccc3O)[nH]2)cc1. The zero-order chi connectivity index (χ0) is 22.5. The third-order valence-electron chi connectivity index (χ3n) is 5.33. The van der Waals surface area contributed by atoms with Crippen molar-refractivity contribution in [3.8, 4) is 17.0 Å². The van der Waals surface area contributed by atoms with E-state index in [0.29, 0.717) is 22.5 Å². The highest BCUT2D eigenvalue weighted by Crippen LogP contribution is 2.28. The van der Waals surface area contributed by atoms with E-state index in [-0.39, 0.29) is 18.1 Å². The minimum atomic E-state index is -0.581. The lowest BCUT2D eigenvalue weighted by Gasteiger charge is -2.20. The van der Waals surface area contributed by atoms with Crippen molar-refractivity contribution in [3.05, 3.63) is 108 Å². The molecule has 160 valence electrons. The Morgan fingerprint density at radius 1 is 1.06 bits per heavy atom. The maximum Gasteiger partial charge on any atom is 0.268 e. The van der Waals surface area contributed by atoms with Gasteiger partial charge in [0, 0.05) is 41.3 Å². The molecule has 0 aliphatic heterocycles. The van der Waals surface area contributed by atoms with Crippen LogP contribution in [0.1, 0.15) is 39.6 Å². The number of nitrogens with one attached hydrogen (secondary N) is 3. The number of para-hydroxylation sites is 1. The highest BCUT2D eigenvalue weighted by molar-refractivity contribution is 5.99. The van der Waals surface area contributed by atoms with Crippen molar-refractivity contribution >= 4 is 11.6 Å². The van der Waals surface area contributed by atoms with Crippen molar-refractivity contribution in [2.24, 2.45) is 0 Å². The summed E-state index contributed by atoms with van der Waals surface area (Å²) in [4.78, 5) is 20.3. The molecule has 0 saturated carbocycles. The number of aromatic amines is 1. The van der Waals surface area contributed by atoms with Crippen LogP contribution in [0.15, 0.2) is 85.2 Å². The number of hydrogen-bond donors (Lipinski definition) is 4. The van der Waals surface area contributed by atoms with E-state index >= 15 is 0 Å². The largest absolute Gasteiger partial charge is 0.508 e. The zero-order valence-corrected chi connectivity index (χ0v) is 17.7. The lowest BCUT2D eigenvalue weighted by atomic mass is 9.97. The van der Waals surface area contributed by atoms with Crippen molar-refractivity contribution in [1.29, 1.82) is 5.41 Å². The number of carbonyl (C=O) groups excluding carboxylic acids is 1. The summed E-state index contributed by atoms with van der Waals surface area (Å²) in [5, 5.41) is 21.8. The molecular formula is C26H24N4O2. The van der Waals surface area contributed by atoms with Gasteiger partial charge >= 0.3 is 0 Å². The second-order valence-electron chi connectivity index (χ2n) is 7.66. The first kappa shape index (κ1) is 21.1. The van der Waals surface area contributed by atoms with Gasteiger partial charge in [0.25, 0.3) is 5.91 Å². The Balaban J connectivity index is 1.57. The van der Waals surface area contributed by atoms with Gasteiger partial charge in [-0.2, -0.15) is 0 Å². The van der Waals surface area contributed by atoms with Crippen molar-refractivity contribution in [1.82, 2.24) is 15.3 Å². The van der Waals surface area contributed by atoms with Crippen LogP contribution in [0.3, 0.4) is 0 Å². The average molecular weight is 425 g/mol. The lowest BCUT2D eigenvalue weighted by Crippen LogP contribution is -2.30. The van der Waals surface area contributed by atoms with Crippen LogP contribution in [0.25, 0.3) is 11.3 Å². The van der Waals surface area contributed by atoms with Gasteiger partial charge in [0.15, 0.2) is 0 Å². The fourth-order valence-corrected chi connectivity index (χ4v) is 3.55. The fourth-order valence-electron chi connectivity index (χ4n) is 3.55. The minimum Gasteiger partial charge on any atom is -0.508 e. The Morgan fingerprint density at radius 3 is 2.56 bits per heavy atom. The number of phenolic OH excluding ortho intramolecular Hbond substituents is 1. The molecule has 1 unspecified atom stereocenters. The number of pyridine rings is 1. The molecule has 6 heteroatoms. The highest BCUT2D eigenvalue weighted by atomic mass is 16.3. The molecule has 2 aromatic carbocycles. The van der Waals surface area contributed by atoms with Crippen molar-refractivity contribution in [2.45, 2.75) is 19.4 Å². The third-order valence-corrected chi connectivity index (χ3v) is 5.33. The Hall–Kier alpha value is -4.19. The van der Waals surface area contributed by atoms with Gasteiger partial charge in [0.1, 0.15) is 11.4 Å². The molecule has 2 aromatic heterocycles. The fraction of sp³-hybridized carbons (Fsp3) is 0.115. The first-order valence-corrected chi connectivity index (χ1v) is 10.3. The average Bonchev–Trinajstić information content (AvgIpc) is 3.30. The molecule has 6 nitrogen and oxygen atoms in total. The molecule has 0 saturated heterocycles. The van der Waals surface area contributed by atoms with E-state index in [4.69, 9.17) is 5.41 Å². The molecule has 0 aliphatic carbocycles. The van der Waals surface area contributed by atoms with Gasteiger partial charge in [-0.1, -0.05) is 54.1 Å². The molecule has 0 spiro atoms. The molecule has 4 rings (SSSR count). The molecule has 0 radical (unpaired) electrons. The van der Waals surface area contributed by atoms with Gasteiger partial charge in [0.05, 0.1) is 6.04 Å². The Bertz CT molecular complexity index is 1230. The van der Waals surface area contributed by atoms with E-state index in [0.717, 1.165) is 11.3 Å². The molecule has 4 aromatic rings. The number of nitrogens with zero attached hydrogens (tertiary/aromatic N) is 1. The minimum absolute atomic E-state index is 0.0728. The van der Waals surface area contributed by atoms with E-state index in [1.54, 1.807) is 54.9 Å². The van der Waals surface area contributed by atoms with E-state index in [9.17, 15) is 9.90 Å². The first-order valence-electron chi connectivity index (χ1n) is 10.3. The molecule has 0 fully saturated rings. The zero-order valence-electron chi connectivity index (χ0n) is 17.7. The molecule has 32 heavy (non-hydrogen) atoms. The molecule has 1 amide bonds. The maximum absolute atomic E-state index is 13.0. The van der Waals surface area contributed by atoms with Gasteiger partial charge in [-0.3, -0.25) is 9.78 Å². The van der Waals surface area contributed by atoms with Crippen LogP contribution in [0.2, 0.25) is 0 Å². The summed E-state index contributed by atoms with van der Waals surface area (Å²) in [6.45, 7) is 2.03. The van der Waals surface area contributed by atoms with Gasteiger partial charge in [-0.05, 0) is 36.8 Å². The Labute approximate surface area is 186 Å². The molecular weight excluding hydrogens is 400 g/mol. The number of aryl methyl sites for hydroxylation is 1. The molecule has 1 atom stereocenters. The van der Waals surface area contributed by atoms with E-state index in [1.807, 2.05) is 37.3 Å². The second kappa shape index (κ2) is 9.31. The van der Waals surface area contributed by atoms with E-state index in [1.165, 1.54) is 5.56 Å². The van der Waals surface area contributed by atoms with Gasteiger partial charge in [-0.25, -0.2) is 0 Å². The topological polar surface area (TPSA) is 102 Å². The number of benzene rings is 2. The number of amides is 1. The summed E-state index contributed by atoms with van der Waals surface area (Å²) >= 11 is 0. The Kier molecular flexibility index (Phi) is 6.12. The van der Waals surface area contributed by atoms with Crippen molar-refractivity contribution in [2.75, 3.05) is 0 Å². The first-order chi connectivity index (χ1) is 15.5. The standard InChI is InChI=1S/C26H24N4O2/c1-17-8-10-18(11-9-17)22-12-13-23(29-22)26(32)30-24(20-6-2-3-7-25(20)31)15-21(27)19-5-4-14-28-16-19/h2-14,16,24,27,29,31H,15H2,1H3,(H,30,32). The normalized spacial score (nSPS) is 11.7. The van der Waals surface area contributed by atoms with Crippen molar-refractivity contribution in [3.63, 3.8) is 0 Å². The van der Waals surface area contributed by atoms with Crippen LogP contribution in [0.5, 0.6) is 5.75 Å². The smallest absolute Gasteiger partial charge is 0.268 e. The number of phenols is 1. The monoisotopic (exact) mass is 424 g/mol. The summed E-state index contributed by atoms with van der Waals surface area (Å²) < 4.78 is 0. The van der Waals surface area contributed by atoms with Gasteiger partial charge < -0.3 is 20.8 Å². The Morgan fingerprint density at radius 2 is 1.84 bits per heavy atom. The van der Waals surface area contributed by atoms with Crippen LogP contribution in [-0.2, 0) is 0 Å². The van der Waals surface area contributed by atoms with E-state index < -0.39 is 6.04 Å². The van der Waals surface area contributed by atoms with Gasteiger partial charge in [-0.15, -0.1) is 0 Å². The highest BCUT2D eigenvalue weighted by Gasteiger charge is 2.22. The number of carbonyl (C=O) groups is 1. The number of aromatic nitrogens is 2. The molecule has 4 N–H and O–H groups in total. The predicted molar refractivity (Wildman–Crippen MR) is 125 cm³/mol. The number of hydrogen-bond acceptors (Lipinski definition) is 4. The summed E-state index contributed by atoms with van der Waals surface area (Å²) in [6.07, 6.45) is 3.47. The van der Waals surface area contributed by atoms with Gasteiger partial charge in [0.2, 0.25) is 0 Å². The second-order valence-corrected chi connectivity index (χ2v) is 7.66. The number of aromatic hydroxyl groups is 1. The summed E-state index contributed by atoms with van der Waals surface area (Å²) in [5.74, 6) is -0.237. The number of H-pyrrole nitrogens is 1. The van der Waals surface area contributed by atoms with Crippen LogP contribution in [0.4, 0.5) is 0 Å².